The van der Waals surface area contributed by atoms with E-state index in [-0.39, 0.29) is 6.42 Å². The summed E-state index contributed by atoms with van der Waals surface area (Å²) in [7, 11) is 0. The zero-order valence-corrected chi connectivity index (χ0v) is 15.7. The van der Waals surface area contributed by atoms with E-state index in [4.69, 9.17) is 16.7 Å². The highest BCUT2D eigenvalue weighted by molar-refractivity contribution is 6.22. The third kappa shape index (κ3) is 15.9. The molecule has 5 heteroatoms. The Morgan fingerprint density at radius 2 is 1.68 bits per heavy atom. The van der Waals surface area contributed by atoms with Gasteiger partial charge in [0, 0.05) is 6.42 Å². The first-order chi connectivity index (χ1) is 12.0. The summed E-state index contributed by atoms with van der Waals surface area (Å²) in [5, 5.41) is 27.7. The molecule has 0 aromatic carbocycles. The molecule has 0 saturated carbocycles. The van der Waals surface area contributed by atoms with E-state index < -0.39 is 23.6 Å². The fraction of sp³-hybridized carbons (Fsp3) is 0.550. The summed E-state index contributed by atoms with van der Waals surface area (Å²) in [5.74, 6) is -0.796. The van der Waals surface area contributed by atoms with Crippen LogP contribution in [0.1, 0.15) is 51.9 Å². The fourth-order valence-electron chi connectivity index (χ4n) is 1.97. The van der Waals surface area contributed by atoms with Gasteiger partial charge in [-0.3, -0.25) is 4.79 Å². The van der Waals surface area contributed by atoms with Gasteiger partial charge in [-0.15, -0.1) is 11.6 Å². The second-order valence-electron chi connectivity index (χ2n) is 5.78. The number of carbonyl (C=O) groups is 1. The summed E-state index contributed by atoms with van der Waals surface area (Å²) < 4.78 is 0. The molecule has 3 atom stereocenters. The van der Waals surface area contributed by atoms with Crippen molar-refractivity contribution in [1.29, 1.82) is 0 Å². The SMILES string of the molecule is CCC=CCC=CCC(O)C(Cl)C=CC(O)CC=CCCCC(=O)O. The van der Waals surface area contributed by atoms with Gasteiger partial charge in [0.2, 0.25) is 0 Å². The number of hydrogen-bond donors (Lipinski definition) is 3. The number of unbranched alkanes of at least 4 members (excludes halogenated alkanes) is 1. The molecule has 0 spiro atoms. The highest BCUT2D eigenvalue weighted by Gasteiger charge is 2.11. The maximum absolute atomic E-state index is 10.4. The number of alkyl halides is 1. The second kappa shape index (κ2) is 16.1. The molecule has 0 saturated heterocycles. The third-order valence-corrected chi connectivity index (χ3v) is 3.85. The van der Waals surface area contributed by atoms with Crippen molar-refractivity contribution in [2.75, 3.05) is 0 Å². The van der Waals surface area contributed by atoms with Gasteiger partial charge in [0.1, 0.15) is 0 Å². The van der Waals surface area contributed by atoms with Crippen molar-refractivity contribution in [3.8, 4) is 0 Å². The number of aliphatic carboxylic acids is 1. The summed E-state index contributed by atoms with van der Waals surface area (Å²) in [5.41, 5.74) is 0. The van der Waals surface area contributed by atoms with Crippen LogP contribution in [0.4, 0.5) is 0 Å². The van der Waals surface area contributed by atoms with Crippen LogP contribution in [0.5, 0.6) is 0 Å². The number of rotatable bonds is 14. The maximum Gasteiger partial charge on any atom is 0.303 e. The van der Waals surface area contributed by atoms with E-state index in [9.17, 15) is 15.0 Å². The number of carboxylic acids is 1. The minimum absolute atomic E-state index is 0.155. The smallest absolute Gasteiger partial charge is 0.303 e. The molecule has 0 heterocycles. The average Bonchev–Trinajstić information content (AvgIpc) is 2.58. The summed E-state index contributed by atoms with van der Waals surface area (Å²) in [4.78, 5) is 10.4. The van der Waals surface area contributed by atoms with Crippen molar-refractivity contribution in [1.82, 2.24) is 0 Å². The molecule has 3 N–H and O–H groups in total. The van der Waals surface area contributed by atoms with Gasteiger partial charge in [-0.25, -0.2) is 0 Å². The molecular formula is C20H31ClO4. The Kier molecular flexibility index (Phi) is 15.2. The normalized spacial score (nSPS) is 16.3. The Labute approximate surface area is 156 Å². The highest BCUT2D eigenvalue weighted by atomic mass is 35.5. The molecule has 0 amide bonds. The first-order valence-electron chi connectivity index (χ1n) is 8.82. The molecule has 0 bridgehead atoms. The average molecular weight is 371 g/mol. The molecule has 0 aromatic heterocycles. The van der Waals surface area contributed by atoms with E-state index in [1.165, 1.54) is 0 Å². The molecule has 0 aliphatic carbocycles. The first kappa shape index (κ1) is 23.6. The number of hydrogen-bond acceptors (Lipinski definition) is 3. The minimum atomic E-state index is -0.796. The third-order valence-electron chi connectivity index (χ3n) is 3.41. The van der Waals surface area contributed by atoms with Crippen LogP contribution in [0.15, 0.2) is 48.6 Å². The minimum Gasteiger partial charge on any atom is -0.481 e. The van der Waals surface area contributed by atoms with Gasteiger partial charge in [-0.2, -0.15) is 0 Å². The van der Waals surface area contributed by atoms with Gasteiger partial charge in [0.05, 0.1) is 17.6 Å². The number of halogens is 1. The lowest BCUT2D eigenvalue weighted by Gasteiger charge is -2.12. The summed E-state index contributed by atoms with van der Waals surface area (Å²) >= 11 is 6.10. The fourth-order valence-corrected chi connectivity index (χ4v) is 2.16. The van der Waals surface area contributed by atoms with E-state index in [1.54, 1.807) is 12.2 Å². The van der Waals surface area contributed by atoms with Gasteiger partial charge in [-0.1, -0.05) is 55.5 Å². The molecular weight excluding hydrogens is 340 g/mol. The van der Waals surface area contributed by atoms with Gasteiger partial charge in [-0.05, 0) is 38.5 Å². The van der Waals surface area contributed by atoms with E-state index in [2.05, 4.69) is 19.1 Å². The lowest BCUT2D eigenvalue weighted by molar-refractivity contribution is -0.137. The van der Waals surface area contributed by atoms with Crippen LogP contribution in [0.2, 0.25) is 0 Å². The molecule has 0 radical (unpaired) electrons. The Balaban J connectivity index is 3.97. The van der Waals surface area contributed by atoms with Crippen LogP contribution in [-0.4, -0.2) is 38.9 Å². The summed E-state index contributed by atoms with van der Waals surface area (Å²) in [6, 6.07) is 0. The lowest BCUT2D eigenvalue weighted by Crippen LogP contribution is -2.18. The number of aliphatic hydroxyl groups is 2. The quantitative estimate of drug-likeness (QED) is 0.241. The van der Waals surface area contributed by atoms with E-state index in [1.807, 2.05) is 24.3 Å². The Morgan fingerprint density at radius 1 is 1.00 bits per heavy atom. The predicted molar refractivity (Wildman–Crippen MR) is 104 cm³/mol. The molecule has 0 aromatic rings. The molecule has 25 heavy (non-hydrogen) atoms. The molecule has 4 nitrogen and oxygen atoms in total. The van der Waals surface area contributed by atoms with E-state index >= 15 is 0 Å². The monoisotopic (exact) mass is 370 g/mol. The lowest BCUT2D eigenvalue weighted by atomic mass is 10.1. The Hall–Kier alpha value is -1.36. The van der Waals surface area contributed by atoms with Crippen molar-refractivity contribution >= 4 is 17.6 Å². The Bertz CT molecular complexity index is 455. The van der Waals surface area contributed by atoms with Gasteiger partial charge >= 0.3 is 5.97 Å². The molecule has 0 fully saturated rings. The van der Waals surface area contributed by atoms with Gasteiger partial charge in [0.25, 0.3) is 0 Å². The highest BCUT2D eigenvalue weighted by Crippen LogP contribution is 2.11. The topological polar surface area (TPSA) is 77.8 Å². The summed E-state index contributed by atoms with van der Waals surface area (Å²) in [6.07, 6.45) is 17.8. The Morgan fingerprint density at radius 3 is 2.36 bits per heavy atom. The van der Waals surface area contributed by atoms with Crippen LogP contribution in [0.3, 0.4) is 0 Å². The van der Waals surface area contributed by atoms with Crippen molar-refractivity contribution in [2.45, 2.75) is 69.5 Å². The zero-order valence-electron chi connectivity index (χ0n) is 14.9. The standard InChI is InChI=1S/C20H31ClO4/c1-2-3-4-5-6-10-13-19(23)18(21)16-15-17(22)12-9-7-8-11-14-20(24)25/h3-4,6-7,9-10,15-19,22-23H,2,5,8,11-14H2,1H3,(H,24,25). The van der Waals surface area contributed by atoms with Crippen molar-refractivity contribution in [2.24, 2.45) is 0 Å². The van der Waals surface area contributed by atoms with Crippen LogP contribution < -0.4 is 0 Å². The van der Waals surface area contributed by atoms with E-state index in [0.717, 1.165) is 12.8 Å². The van der Waals surface area contributed by atoms with Crippen LogP contribution >= 0.6 is 11.6 Å². The second-order valence-corrected chi connectivity index (χ2v) is 6.28. The molecule has 3 unspecified atom stereocenters. The zero-order chi connectivity index (χ0) is 18.9. The number of allylic oxidation sites excluding steroid dienone is 4. The van der Waals surface area contributed by atoms with Gasteiger partial charge < -0.3 is 15.3 Å². The first-order valence-corrected chi connectivity index (χ1v) is 9.26. The predicted octanol–water partition coefficient (Wildman–Crippen LogP) is 4.38. The van der Waals surface area contributed by atoms with E-state index in [0.29, 0.717) is 25.7 Å². The maximum atomic E-state index is 10.4. The number of carboxylic acid groups (broad SMARTS) is 1. The van der Waals surface area contributed by atoms with Crippen molar-refractivity contribution in [3.05, 3.63) is 48.6 Å². The molecule has 142 valence electrons. The summed E-state index contributed by atoms with van der Waals surface area (Å²) in [6.45, 7) is 2.08. The van der Waals surface area contributed by atoms with Crippen molar-refractivity contribution < 1.29 is 20.1 Å². The molecule has 0 aliphatic rings. The van der Waals surface area contributed by atoms with Crippen molar-refractivity contribution in [3.63, 3.8) is 0 Å². The largest absolute Gasteiger partial charge is 0.481 e. The van der Waals surface area contributed by atoms with Gasteiger partial charge in [0.15, 0.2) is 0 Å². The van der Waals surface area contributed by atoms with Crippen LogP contribution in [0.25, 0.3) is 0 Å². The van der Waals surface area contributed by atoms with Crippen LogP contribution in [-0.2, 0) is 4.79 Å². The molecule has 0 rings (SSSR count). The number of aliphatic hydroxyl groups excluding tert-OH is 2. The van der Waals surface area contributed by atoms with Crippen LogP contribution in [0, 0.1) is 0 Å². The molecule has 0 aliphatic heterocycles.